The number of nitrogens with zero attached hydrogens (tertiary/aromatic N) is 1. The fourth-order valence-corrected chi connectivity index (χ4v) is 3.97. The number of aromatic amines is 1. The summed E-state index contributed by atoms with van der Waals surface area (Å²) in [6.45, 7) is 2.04. The number of rotatable bonds is 6. The molecule has 3 aromatic heterocycles. The fraction of sp³-hybridized carbons (Fsp3) is 0.182. The maximum absolute atomic E-state index is 14.4. The molecule has 7 heteroatoms. The van der Waals surface area contributed by atoms with E-state index >= 15 is 0 Å². The van der Waals surface area contributed by atoms with Crippen LogP contribution < -0.4 is 4.74 Å². The summed E-state index contributed by atoms with van der Waals surface area (Å²) in [7, 11) is 1.44. The third-order valence-corrected chi connectivity index (χ3v) is 5.32. The van der Waals surface area contributed by atoms with Crippen LogP contribution in [0.2, 0.25) is 0 Å². The molecule has 0 aliphatic rings. The summed E-state index contributed by atoms with van der Waals surface area (Å²) in [6.07, 6.45) is 0.435. The fourth-order valence-electron chi connectivity index (χ4n) is 3.32. The predicted octanol–water partition coefficient (Wildman–Crippen LogP) is 5.21. The second-order valence-electron chi connectivity index (χ2n) is 6.43. The number of ether oxygens (including phenoxy) is 2. The van der Waals surface area contributed by atoms with Gasteiger partial charge in [0.1, 0.15) is 5.69 Å². The molecule has 0 amide bonds. The Hall–Kier alpha value is -3.19. The van der Waals surface area contributed by atoms with E-state index in [1.807, 2.05) is 22.9 Å². The number of carbonyl (C=O) groups is 1. The maximum Gasteiger partial charge on any atom is 0.356 e. The predicted molar refractivity (Wildman–Crippen MR) is 111 cm³/mol. The highest BCUT2D eigenvalue weighted by molar-refractivity contribution is 7.08. The number of carbonyl (C=O) groups excluding carboxylic acids is 1. The molecule has 0 saturated carbocycles. The number of halogens is 1. The quantitative estimate of drug-likeness (QED) is 0.444. The minimum absolute atomic E-state index is 0.185. The van der Waals surface area contributed by atoms with Crippen LogP contribution in [-0.2, 0) is 11.2 Å². The smallest absolute Gasteiger partial charge is 0.356 e. The zero-order valence-corrected chi connectivity index (χ0v) is 16.8. The van der Waals surface area contributed by atoms with Crippen molar-refractivity contribution in [3.63, 3.8) is 0 Å². The number of hydrogen-bond donors (Lipinski definition) is 1. The topological polar surface area (TPSA) is 64.2 Å². The molecule has 0 atom stereocenters. The first-order valence-electron chi connectivity index (χ1n) is 9.14. The van der Waals surface area contributed by atoms with Gasteiger partial charge in [-0.25, -0.2) is 14.2 Å². The monoisotopic (exact) mass is 410 g/mol. The number of esters is 1. The standard InChI is InChI=1S/C22H19FN2O3S/c1-3-28-22(26)18-6-4-5-14(24-18)9-16-15-10-17(23)20(27-2)11-19(15)25-21(16)13-7-8-29-12-13/h4-8,10-12,25H,3,9H2,1-2H3. The summed E-state index contributed by atoms with van der Waals surface area (Å²) in [5.41, 5.74) is 4.56. The van der Waals surface area contributed by atoms with Crippen molar-refractivity contribution in [1.82, 2.24) is 9.97 Å². The number of fused-ring (bicyclic) bond motifs is 1. The van der Waals surface area contributed by atoms with Crippen LogP contribution in [0.25, 0.3) is 22.2 Å². The SMILES string of the molecule is CCOC(=O)c1cccc(Cc2c(-c3ccsc3)[nH]c3cc(OC)c(F)cc23)n1. The maximum atomic E-state index is 14.4. The van der Waals surface area contributed by atoms with Gasteiger partial charge in [-0.2, -0.15) is 11.3 Å². The Morgan fingerprint density at radius 3 is 2.86 bits per heavy atom. The van der Waals surface area contributed by atoms with Crippen LogP contribution in [0.1, 0.15) is 28.7 Å². The number of pyridine rings is 1. The summed E-state index contributed by atoms with van der Waals surface area (Å²) >= 11 is 1.59. The number of benzene rings is 1. The Morgan fingerprint density at radius 2 is 2.14 bits per heavy atom. The van der Waals surface area contributed by atoms with Crippen molar-refractivity contribution in [2.24, 2.45) is 0 Å². The molecule has 0 fully saturated rings. The van der Waals surface area contributed by atoms with E-state index in [-0.39, 0.29) is 18.1 Å². The number of methoxy groups -OCH3 is 1. The molecule has 4 aromatic rings. The summed E-state index contributed by atoms with van der Waals surface area (Å²) in [6, 6.07) is 10.4. The second kappa shape index (κ2) is 8.05. The summed E-state index contributed by atoms with van der Waals surface area (Å²) in [4.78, 5) is 19.9. The van der Waals surface area contributed by atoms with Crippen molar-refractivity contribution in [3.8, 4) is 17.0 Å². The highest BCUT2D eigenvalue weighted by Crippen LogP contribution is 2.35. The van der Waals surface area contributed by atoms with Gasteiger partial charge < -0.3 is 14.5 Å². The molecule has 0 spiro atoms. The van der Waals surface area contributed by atoms with Crippen LogP contribution in [-0.4, -0.2) is 29.7 Å². The van der Waals surface area contributed by atoms with E-state index in [1.165, 1.54) is 13.2 Å². The lowest BCUT2D eigenvalue weighted by atomic mass is 10.0. The van der Waals surface area contributed by atoms with Gasteiger partial charge in [-0.3, -0.25) is 0 Å². The first-order chi connectivity index (χ1) is 14.1. The summed E-state index contributed by atoms with van der Waals surface area (Å²) in [5.74, 6) is -0.697. The van der Waals surface area contributed by atoms with Crippen molar-refractivity contribution in [3.05, 3.63) is 69.9 Å². The van der Waals surface area contributed by atoms with Crippen LogP contribution in [0.4, 0.5) is 4.39 Å². The number of thiophene rings is 1. The molecule has 0 saturated heterocycles. The van der Waals surface area contributed by atoms with Gasteiger partial charge in [-0.1, -0.05) is 6.07 Å². The summed E-state index contributed by atoms with van der Waals surface area (Å²) in [5, 5.41) is 4.78. The average Bonchev–Trinajstić information content (AvgIpc) is 3.36. The van der Waals surface area contributed by atoms with Crippen molar-refractivity contribution in [2.45, 2.75) is 13.3 Å². The molecule has 148 valence electrons. The van der Waals surface area contributed by atoms with Crippen LogP contribution >= 0.6 is 11.3 Å². The molecule has 0 radical (unpaired) electrons. The first kappa shape index (κ1) is 19.1. The largest absolute Gasteiger partial charge is 0.494 e. The third-order valence-electron chi connectivity index (χ3n) is 4.64. The van der Waals surface area contributed by atoms with Crippen molar-refractivity contribution >= 4 is 28.2 Å². The first-order valence-corrected chi connectivity index (χ1v) is 10.1. The van der Waals surface area contributed by atoms with E-state index in [9.17, 15) is 9.18 Å². The molecular formula is C22H19FN2O3S. The van der Waals surface area contributed by atoms with Gasteiger partial charge in [0.25, 0.3) is 0 Å². The van der Waals surface area contributed by atoms with E-state index in [1.54, 1.807) is 36.5 Å². The van der Waals surface area contributed by atoms with E-state index in [0.29, 0.717) is 12.1 Å². The molecule has 1 N–H and O–H groups in total. The van der Waals surface area contributed by atoms with Gasteiger partial charge in [-0.15, -0.1) is 0 Å². The molecule has 0 unspecified atom stereocenters. The molecule has 29 heavy (non-hydrogen) atoms. The van der Waals surface area contributed by atoms with E-state index in [4.69, 9.17) is 9.47 Å². The van der Waals surface area contributed by atoms with E-state index in [0.717, 1.165) is 27.7 Å². The average molecular weight is 410 g/mol. The molecule has 5 nitrogen and oxygen atoms in total. The normalized spacial score (nSPS) is 11.0. The van der Waals surface area contributed by atoms with Gasteiger partial charge in [0, 0.05) is 34.5 Å². The Kier molecular flexibility index (Phi) is 5.31. The molecule has 0 aliphatic carbocycles. The third kappa shape index (κ3) is 3.73. The van der Waals surface area contributed by atoms with Crippen LogP contribution in [0.5, 0.6) is 5.75 Å². The zero-order valence-electron chi connectivity index (χ0n) is 16.0. The number of aromatic nitrogens is 2. The van der Waals surface area contributed by atoms with Crippen LogP contribution in [0.15, 0.2) is 47.2 Å². The van der Waals surface area contributed by atoms with Gasteiger partial charge in [0.15, 0.2) is 11.6 Å². The number of nitrogens with one attached hydrogen (secondary N) is 1. The Balaban J connectivity index is 1.82. The molecule has 1 aromatic carbocycles. The lowest BCUT2D eigenvalue weighted by Gasteiger charge is -2.07. The second-order valence-corrected chi connectivity index (χ2v) is 7.21. The van der Waals surface area contributed by atoms with Gasteiger partial charge in [0.05, 0.1) is 24.9 Å². The Bertz CT molecular complexity index is 1170. The van der Waals surface area contributed by atoms with Gasteiger partial charge in [0.2, 0.25) is 0 Å². The number of hydrogen-bond acceptors (Lipinski definition) is 5. The van der Waals surface area contributed by atoms with Crippen LogP contribution in [0.3, 0.4) is 0 Å². The zero-order chi connectivity index (χ0) is 20.4. The van der Waals surface area contributed by atoms with Gasteiger partial charge >= 0.3 is 5.97 Å². The minimum atomic E-state index is -0.456. The van der Waals surface area contributed by atoms with Crippen molar-refractivity contribution < 1.29 is 18.7 Å². The lowest BCUT2D eigenvalue weighted by Crippen LogP contribution is -2.08. The van der Waals surface area contributed by atoms with Crippen molar-refractivity contribution in [1.29, 1.82) is 0 Å². The molecule has 3 heterocycles. The van der Waals surface area contributed by atoms with E-state index in [2.05, 4.69) is 9.97 Å². The molecule has 0 bridgehead atoms. The highest BCUT2D eigenvalue weighted by atomic mass is 32.1. The minimum Gasteiger partial charge on any atom is -0.494 e. The molecule has 0 aliphatic heterocycles. The van der Waals surface area contributed by atoms with Crippen LogP contribution in [0, 0.1) is 5.82 Å². The van der Waals surface area contributed by atoms with Gasteiger partial charge in [-0.05, 0) is 42.1 Å². The van der Waals surface area contributed by atoms with Crippen molar-refractivity contribution in [2.75, 3.05) is 13.7 Å². The number of H-pyrrole nitrogens is 1. The lowest BCUT2D eigenvalue weighted by molar-refractivity contribution is 0.0519. The Morgan fingerprint density at radius 1 is 1.28 bits per heavy atom. The molecule has 4 rings (SSSR count). The Labute approximate surface area is 171 Å². The van der Waals surface area contributed by atoms with E-state index < -0.39 is 11.8 Å². The highest BCUT2D eigenvalue weighted by Gasteiger charge is 2.18. The summed E-state index contributed by atoms with van der Waals surface area (Å²) < 4.78 is 24.6. The molecular weight excluding hydrogens is 391 g/mol.